The smallest absolute Gasteiger partial charge is 0.00853 e. The Hall–Kier alpha value is -2.08. The lowest BCUT2D eigenvalue weighted by atomic mass is 9.91. The maximum Gasteiger partial charge on any atom is -0.00853 e. The first-order valence-corrected chi connectivity index (χ1v) is 7.00. The zero-order valence-corrected chi connectivity index (χ0v) is 10.9. The van der Waals surface area contributed by atoms with Crippen molar-refractivity contribution in [3.63, 3.8) is 0 Å². The highest BCUT2D eigenvalue weighted by Crippen LogP contribution is 2.39. The molecule has 2 aromatic carbocycles. The van der Waals surface area contributed by atoms with Gasteiger partial charge in [-0.15, -0.1) is 0 Å². The van der Waals surface area contributed by atoms with Gasteiger partial charge in [0.15, 0.2) is 0 Å². The van der Waals surface area contributed by atoms with Crippen LogP contribution in [0.25, 0.3) is 16.3 Å². The Bertz CT molecular complexity index is 741. The average molecular weight is 244 g/mol. The Labute approximate surface area is 113 Å². The molecule has 19 heavy (non-hydrogen) atoms. The van der Waals surface area contributed by atoms with Crippen molar-refractivity contribution in [2.75, 3.05) is 0 Å². The van der Waals surface area contributed by atoms with Gasteiger partial charge < -0.3 is 0 Å². The molecule has 2 aliphatic carbocycles. The van der Waals surface area contributed by atoms with Gasteiger partial charge in [0.2, 0.25) is 0 Å². The summed E-state index contributed by atoms with van der Waals surface area (Å²) < 4.78 is 0. The van der Waals surface area contributed by atoms with Crippen molar-refractivity contribution in [3.8, 4) is 0 Å². The lowest BCUT2D eigenvalue weighted by Gasteiger charge is -2.13. The van der Waals surface area contributed by atoms with Gasteiger partial charge in [-0.2, -0.15) is 0 Å². The maximum absolute atomic E-state index is 2.39. The molecule has 0 spiro atoms. The molecule has 0 bridgehead atoms. The van der Waals surface area contributed by atoms with Gasteiger partial charge in [0.1, 0.15) is 0 Å². The summed E-state index contributed by atoms with van der Waals surface area (Å²) in [5, 5.41) is 2.66. The largest absolute Gasteiger partial charge is 0.0839 e. The standard InChI is InChI=1S/C19H16/c1-2-7-16-13-17(10-9-14(16)5-1)19-12-11-15-6-3-4-8-18(15)19/h1-3,5-7,9-10,12-13H,4,8,11H2. The number of allylic oxidation sites excluding steroid dienone is 6. The second kappa shape index (κ2) is 4.24. The molecular formula is C19H16. The molecule has 92 valence electrons. The van der Waals surface area contributed by atoms with Crippen LogP contribution in [0.15, 0.2) is 71.8 Å². The molecule has 0 saturated heterocycles. The third kappa shape index (κ3) is 1.76. The topological polar surface area (TPSA) is 0 Å². The van der Waals surface area contributed by atoms with Crippen LogP contribution in [-0.4, -0.2) is 0 Å². The summed E-state index contributed by atoms with van der Waals surface area (Å²) in [5.41, 5.74) is 5.93. The zero-order chi connectivity index (χ0) is 12.7. The first kappa shape index (κ1) is 10.8. The molecule has 0 atom stereocenters. The molecule has 0 amide bonds. The summed E-state index contributed by atoms with van der Waals surface area (Å²) >= 11 is 0. The van der Waals surface area contributed by atoms with Gasteiger partial charge in [-0.05, 0) is 58.4 Å². The number of rotatable bonds is 1. The van der Waals surface area contributed by atoms with Crippen LogP contribution in [0.5, 0.6) is 0 Å². The molecule has 0 radical (unpaired) electrons. The number of hydrogen-bond donors (Lipinski definition) is 0. The van der Waals surface area contributed by atoms with Crippen LogP contribution in [-0.2, 0) is 0 Å². The predicted octanol–water partition coefficient (Wildman–Crippen LogP) is 5.27. The van der Waals surface area contributed by atoms with Crippen molar-refractivity contribution in [2.45, 2.75) is 19.3 Å². The van der Waals surface area contributed by atoms with E-state index in [1.54, 1.807) is 5.57 Å². The van der Waals surface area contributed by atoms with Gasteiger partial charge in [-0.25, -0.2) is 0 Å². The Kier molecular flexibility index (Phi) is 2.41. The van der Waals surface area contributed by atoms with Gasteiger partial charge in [0.05, 0.1) is 0 Å². The molecule has 0 heteroatoms. The lowest BCUT2D eigenvalue weighted by Crippen LogP contribution is -1.93. The minimum Gasteiger partial charge on any atom is -0.0839 e. The Balaban J connectivity index is 1.83. The zero-order valence-electron chi connectivity index (χ0n) is 10.9. The molecule has 0 heterocycles. The highest BCUT2D eigenvalue weighted by atomic mass is 14.2. The van der Waals surface area contributed by atoms with Crippen molar-refractivity contribution in [3.05, 3.63) is 77.4 Å². The van der Waals surface area contributed by atoms with Crippen LogP contribution >= 0.6 is 0 Å². The normalized spacial score (nSPS) is 17.8. The summed E-state index contributed by atoms with van der Waals surface area (Å²) in [5.74, 6) is 0. The Morgan fingerprint density at radius 1 is 0.895 bits per heavy atom. The summed E-state index contributed by atoms with van der Waals surface area (Å²) in [7, 11) is 0. The van der Waals surface area contributed by atoms with Gasteiger partial charge in [0.25, 0.3) is 0 Å². The van der Waals surface area contributed by atoms with Crippen molar-refractivity contribution in [1.29, 1.82) is 0 Å². The molecule has 2 aromatic rings. The van der Waals surface area contributed by atoms with Crippen molar-refractivity contribution >= 4 is 16.3 Å². The van der Waals surface area contributed by atoms with Crippen LogP contribution in [0.2, 0.25) is 0 Å². The van der Waals surface area contributed by atoms with Crippen molar-refractivity contribution < 1.29 is 0 Å². The number of benzene rings is 2. The van der Waals surface area contributed by atoms with E-state index in [9.17, 15) is 0 Å². The van der Waals surface area contributed by atoms with Gasteiger partial charge in [-0.1, -0.05) is 54.6 Å². The second-order valence-electron chi connectivity index (χ2n) is 5.33. The van der Waals surface area contributed by atoms with Crippen LogP contribution in [0.3, 0.4) is 0 Å². The summed E-state index contributed by atoms with van der Waals surface area (Å²) in [4.78, 5) is 0. The number of hydrogen-bond acceptors (Lipinski definition) is 0. The van der Waals surface area contributed by atoms with Crippen LogP contribution in [0, 0.1) is 0 Å². The molecule has 2 aliphatic rings. The molecule has 0 fully saturated rings. The van der Waals surface area contributed by atoms with E-state index in [1.807, 2.05) is 0 Å². The van der Waals surface area contributed by atoms with Crippen LogP contribution in [0.1, 0.15) is 24.8 Å². The summed E-state index contributed by atoms with van der Waals surface area (Å²) in [6.07, 6.45) is 10.5. The average Bonchev–Trinajstić information content (AvgIpc) is 2.91. The van der Waals surface area contributed by atoms with E-state index in [-0.39, 0.29) is 0 Å². The van der Waals surface area contributed by atoms with E-state index in [4.69, 9.17) is 0 Å². The lowest BCUT2D eigenvalue weighted by molar-refractivity contribution is 0.976. The summed E-state index contributed by atoms with van der Waals surface area (Å²) in [6, 6.07) is 15.4. The number of fused-ring (bicyclic) bond motifs is 1. The van der Waals surface area contributed by atoms with Crippen LogP contribution < -0.4 is 0 Å². The molecule has 4 rings (SSSR count). The molecule has 0 N–H and O–H groups in total. The third-order valence-electron chi connectivity index (χ3n) is 4.18. The highest BCUT2D eigenvalue weighted by molar-refractivity contribution is 5.91. The molecule has 0 nitrogen and oxygen atoms in total. The first-order chi connectivity index (χ1) is 9.42. The fourth-order valence-corrected chi connectivity index (χ4v) is 3.20. The SMILES string of the molecule is C1=CC2=C(CC1)C(c1ccc3ccccc3c1)=CC2. The minimum absolute atomic E-state index is 1.11. The maximum atomic E-state index is 2.39. The van der Waals surface area contributed by atoms with Gasteiger partial charge in [0, 0.05) is 0 Å². The van der Waals surface area contributed by atoms with E-state index in [1.165, 1.54) is 40.3 Å². The van der Waals surface area contributed by atoms with Crippen LogP contribution in [0.4, 0.5) is 0 Å². The predicted molar refractivity (Wildman–Crippen MR) is 81.9 cm³/mol. The van der Waals surface area contributed by atoms with E-state index in [2.05, 4.69) is 60.7 Å². The Morgan fingerprint density at radius 3 is 2.74 bits per heavy atom. The molecule has 0 saturated carbocycles. The highest BCUT2D eigenvalue weighted by Gasteiger charge is 2.18. The van der Waals surface area contributed by atoms with E-state index < -0.39 is 0 Å². The van der Waals surface area contributed by atoms with E-state index in [0.29, 0.717) is 0 Å². The first-order valence-electron chi connectivity index (χ1n) is 7.00. The molecular weight excluding hydrogens is 228 g/mol. The Morgan fingerprint density at radius 2 is 1.79 bits per heavy atom. The molecule has 0 aliphatic heterocycles. The van der Waals surface area contributed by atoms with E-state index >= 15 is 0 Å². The second-order valence-corrected chi connectivity index (χ2v) is 5.33. The summed E-state index contributed by atoms with van der Waals surface area (Å²) in [6.45, 7) is 0. The van der Waals surface area contributed by atoms with E-state index in [0.717, 1.165) is 6.42 Å². The molecule has 0 aromatic heterocycles. The molecule has 0 unspecified atom stereocenters. The van der Waals surface area contributed by atoms with Crippen molar-refractivity contribution in [1.82, 2.24) is 0 Å². The van der Waals surface area contributed by atoms with Gasteiger partial charge in [-0.3, -0.25) is 0 Å². The third-order valence-corrected chi connectivity index (χ3v) is 4.18. The fourth-order valence-electron chi connectivity index (χ4n) is 3.20. The van der Waals surface area contributed by atoms with Crippen molar-refractivity contribution in [2.24, 2.45) is 0 Å². The quantitative estimate of drug-likeness (QED) is 0.640. The minimum atomic E-state index is 1.11. The fraction of sp³-hybridized carbons (Fsp3) is 0.158. The van der Waals surface area contributed by atoms with Gasteiger partial charge >= 0.3 is 0 Å². The monoisotopic (exact) mass is 244 g/mol.